The van der Waals surface area contributed by atoms with Crippen LogP contribution < -0.4 is 10.9 Å². The molecule has 1 fully saturated rings. The highest BCUT2D eigenvalue weighted by Gasteiger charge is 2.16. The SMILES string of the molecule is O=[C]NNC(=O)N1CCCC1. The van der Waals surface area contributed by atoms with Crippen LogP contribution >= 0.6 is 0 Å². The molecule has 2 N–H and O–H groups in total. The molecule has 1 aliphatic heterocycles. The smallest absolute Gasteiger partial charge is 0.323 e. The highest BCUT2D eigenvalue weighted by Crippen LogP contribution is 2.06. The Kier molecular flexibility index (Phi) is 2.71. The van der Waals surface area contributed by atoms with E-state index in [4.69, 9.17) is 0 Å². The molecule has 61 valence electrons. The summed E-state index contributed by atoms with van der Waals surface area (Å²) in [6, 6.07) is -0.258. The Bertz CT molecular complexity index is 154. The van der Waals surface area contributed by atoms with E-state index in [-0.39, 0.29) is 6.03 Å². The third kappa shape index (κ3) is 2.10. The Hall–Kier alpha value is -1.26. The lowest BCUT2D eigenvalue weighted by Crippen LogP contribution is -2.44. The summed E-state index contributed by atoms with van der Waals surface area (Å²) < 4.78 is 0. The van der Waals surface area contributed by atoms with Gasteiger partial charge in [-0.3, -0.25) is 10.2 Å². The van der Waals surface area contributed by atoms with Gasteiger partial charge < -0.3 is 4.90 Å². The topological polar surface area (TPSA) is 61.4 Å². The maximum Gasteiger partial charge on any atom is 0.336 e. The third-order valence-electron chi connectivity index (χ3n) is 1.61. The van der Waals surface area contributed by atoms with Gasteiger partial charge in [-0.1, -0.05) is 0 Å². The van der Waals surface area contributed by atoms with Crippen LogP contribution in [0.4, 0.5) is 4.79 Å². The van der Waals surface area contributed by atoms with Crippen molar-refractivity contribution in [2.24, 2.45) is 0 Å². The molecule has 5 heteroatoms. The minimum Gasteiger partial charge on any atom is -0.323 e. The van der Waals surface area contributed by atoms with Crippen LogP contribution in [-0.2, 0) is 4.79 Å². The summed E-state index contributed by atoms with van der Waals surface area (Å²) in [6.07, 6.45) is 3.44. The Morgan fingerprint density at radius 1 is 1.36 bits per heavy atom. The number of urea groups is 1. The van der Waals surface area contributed by atoms with Crippen molar-refractivity contribution in [3.8, 4) is 0 Å². The van der Waals surface area contributed by atoms with Gasteiger partial charge in [-0.2, -0.15) is 0 Å². The zero-order chi connectivity index (χ0) is 8.10. The molecule has 1 rings (SSSR count). The first-order valence-corrected chi connectivity index (χ1v) is 3.51. The van der Waals surface area contributed by atoms with Gasteiger partial charge in [0.2, 0.25) is 0 Å². The van der Waals surface area contributed by atoms with Crippen LogP contribution in [0.1, 0.15) is 12.8 Å². The number of nitrogens with one attached hydrogen (secondary N) is 2. The quantitative estimate of drug-likeness (QED) is 0.413. The van der Waals surface area contributed by atoms with Crippen LogP contribution in [0.25, 0.3) is 0 Å². The zero-order valence-electron chi connectivity index (χ0n) is 6.09. The van der Waals surface area contributed by atoms with Crippen molar-refractivity contribution in [1.82, 2.24) is 15.8 Å². The molecule has 0 aromatic heterocycles. The Morgan fingerprint density at radius 3 is 2.55 bits per heavy atom. The fourth-order valence-electron chi connectivity index (χ4n) is 1.08. The first kappa shape index (κ1) is 7.84. The lowest BCUT2D eigenvalue weighted by molar-refractivity contribution is 0.206. The van der Waals surface area contributed by atoms with Crippen molar-refractivity contribution in [1.29, 1.82) is 0 Å². The largest absolute Gasteiger partial charge is 0.336 e. The highest BCUT2D eigenvalue weighted by molar-refractivity contribution is 5.75. The fraction of sp³-hybridized carbons (Fsp3) is 0.667. The number of nitrogens with zero attached hydrogens (tertiary/aromatic N) is 1. The van der Waals surface area contributed by atoms with Crippen molar-refractivity contribution in [2.75, 3.05) is 13.1 Å². The number of hydrazine groups is 1. The van der Waals surface area contributed by atoms with Crippen LogP contribution in [-0.4, -0.2) is 30.4 Å². The Morgan fingerprint density at radius 2 is 2.00 bits per heavy atom. The molecule has 0 unspecified atom stereocenters. The number of hydrogen-bond donors (Lipinski definition) is 2. The highest BCUT2D eigenvalue weighted by atomic mass is 16.2. The van der Waals surface area contributed by atoms with E-state index in [9.17, 15) is 9.59 Å². The molecule has 11 heavy (non-hydrogen) atoms. The van der Waals surface area contributed by atoms with Crippen LogP contribution in [0.5, 0.6) is 0 Å². The molecule has 0 atom stereocenters. The molecule has 1 heterocycles. The minimum atomic E-state index is -0.258. The van der Waals surface area contributed by atoms with Gasteiger partial charge in [0.1, 0.15) is 0 Å². The predicted molar refractivity (Wildman–Crippen MR) is 38.2 cm³/mol. The molecule has 5 nitrogen and oxygen atoms in total. The minimum absolute atomic E-state index is 0.258. The molecule has 1 saturated heterocycles. The standard InChI is InChI=1S/C6H10N3O2/c10-5-7-8-6(11)9-3-1-2-4-9/h1-4H2,(H,7,10)(H,8,11). The van der Waals surface area contributed by atoms with E-state index in [1.807, 2.05) is 5.43 Å². The van der Waals surface area contributed by atoms with Gasteiger partial charge in [0.25, 0.3) is 0 Å². The monoisotopic (exact) mass is 156 g/mol. The van der Waals surface area contributed by atoms with Crippen LogP contribution in [0.15, 0.2) is 0 Å². The van der Waals surface area contributed by atoms with Crippen molar-refractivity contribution >= 4 is 12.4 Å². The van der Waals surface area contributed by atoms with Crippen molar-refractivity contribution in [2.45, 2.75) is 12.8 Å². The molecule has 0 spiro atoms. The second-order valence-corrected chi connectivity index (χ2v) is 2.35. The van der Waals surface area contributed by atoms with E-state index in [0.29, 0.717) is 0 Å². The summed E-state index contributed by atoms with van der Waals surface area (Å²) in [5, 5.41) is 0. The predicted octanol–water partition coefficient (Wildman–Crippen LogP) is -0.636. The van der Waals surface area contributed by atoms with Crippen molar-refractivity contribution in [3.05, 3.63) is 0 Å². The molecule has 0 aromatic carbocycles. The zero-order valence-corrected chi connectivity index (χ0v) is 6.09. The van der Waals surface area contributed by atoms with Gasteiger partial charge in [-0.25, -0.2) is 10.2 Å². The average molecular weight is 156 g/mol. The third-order valence-corrected chi connectivity index (χ3v) is 1.61. The summed E-state index contributed by atoms with van der Waals surface area (Å²) in [4.78, 5) is 22.3. The number of carbonyl (C=O) groups excluding carboxylic acids is 2. The van der Waals surface area contributed by atoms with Gasteiger partial charge in [0, 0.05) is 13.1 Å². The number of amides is 3. The van der Waals surface area contributed by atoms with Gasteiger partial charge in [-0.05, 0) is 12.8 Å². The van der Waals surface area contributed by atoms with E-state index >= 15 is 0 Å². The fourth-order valence-corrected chi connectivity index (χ4v) is 1.08. The van der Waals surface area contributed by atoms with Crippen LogP contribution in [0.3, 0.4) is 0 Å². The number of rotatable bonds is 2. The van der Waals surface area contributed by atoms with Crippen molar-refractivity contribution in [3.63, 3.8) is 0 Å². The molecule has 3 amide bonds. The summed E-state index contributed by atoms with van der Waals surface area (Å²) in [5.41, 5.74) is 4.17. The molecule has 1 radical (unpaired) electrons. The van der Waals surface area contributed by atoms with E-state index in [2.05, 4.69) is 5.43 Å². The van der Waals surface area contributed by atoms with Crippen molar-refractivity contribution < 1.29 is 9.59 Å². The van der Waals surface area contributed by atoms with E-state index < -0.39 is 0 Å². The molecular formula is C6H10N3O2. The first-order valence-electron chi connectivity index (χ1n) is 3.51. The van der Waals surface area contributed by atoms with Crippen LogP contribution in [0.2, 0.25) is 0 Å². The molecule has 0 aliphatic carbocycles. The molecular weight excluding hydrogens is 146 g/mol. The summed E-state index contributed by atoms with van der Waals surface area (Å²) in [5.74, 6) is 0. The number of carbonyl (C=O) groups is 1. The number of hydrogen-bond acceptors (Lipinski definition) is 2. The van der Waals surface area contributed by atoms with E-state index in [1.54, 1.807) is 4.90 Å². The van der Waals surface area contributed by atoms with Gasteiger partial charge in [0.05, 0.1) is 0 Å². The van der Waals surface area contributed by atoms with Gasteiger partial charge in [-0.15, -0.1) is 0 Å². The normalized spacial score (nSPS) is 16.2. The van der Waals surface area contributed by atoms with Gasteiger partial charge in [0.15, 0.2) is 0 Å². The second-order valence-electron chi connectivity index (χ2n) is 2.35. The lowest BCUT2D eigenvalue weighted by atomic mass is 10.4. The van der Waals surface area contributed by atoms with Gasteiger partial charge >= 0.3 is 12.4 Å². The van der Waals surface area contributed by atoms with E-state index in [1.165, 1.54) is 6.41 Å². The summed E-state index contributed by atoms with van der Waals surface area (Å²) >= 11 is 0. The summed E-state index contributed by atoms with van der Waals surface area (Å²) in [7, 11) is 0. The lowest BCUT2D eigenvalue weighted by Gasteiger charge is -2.14. The maximum atomic E-state index is 11.0. The van der Waals surface area contributed by atoms with Crippen LogP contribution in [0, 0.1) is 0 Å². The number of likely N-dealkylation sites (tertiary alicyclic amines) is 1. The molecule has 0 bridgehead atoms. The second kappa shape index (κ2) is 3.80. The Labute approximate surface area is 64.7 Å². The molecule has 0 saturated carbocycles. The summed E-state index contributed by atoms with van der Waals surface area (Å²) in [6.45, 7) is 1.54. The van der Waals surface area contributed by atoms with E-state index in [0.717, 1.165) is 25.9 Å². The Balaban J connectivity index is 2.22. The average Bonchev–Trinajstić information content (AvgIpc) is 2.52. The maximum absolute atomic E-state index is 11.0. The first-order chi connectivity index (χ1) is 5.34. The molecule has 0 aromatic rings. The molecule has 1 aliphatic rings.